The van der Waals surface area contributed by atoms with Crippen LogP contribution >= 0.6 is 35.3 Å². The zero-order valence-corrected chi connectivity index (χ0v) is 21.1. The third-order valence-corrected chi connectivity index (χ3v) is 6.47. The van der Waals surface area contributed by atoms with Crippen LogP contribution in [-0.4, -0.2) is 56.7 Å². The van der Waals surface area contributed by atoms with E-state index in [9.17, 15) is 4.79 Å². The van der Waals surface area contributed by atoms with Crippen LogP contribution < -0.4 is 14.4 Å². The van der Waals surface area contributed by atoms with Crippen molar-refractivity contribution >= 4 is 67.6 Å². The number of aromatic nitrogens is 1. The normalized spacial score (nSPS) is 11.1. The molecule has 1 amide bonds. The molecule has 10 heteroatoms. The average molecular weight is 510 g/mol. The van der Waals surface area contributed by atoms with E-state index in [4.69, 9.17) is 30.5 Å². The molecular weight excluding hydrogens is 485 g/mol. The molecule has 2 heterocycles. The van der Waals surface area contributed by atoms with E-state index in [1.165, 1.54) is 11.3 Å². The zero-order chi connectivity index (χ0) is 22.8. The minimum absolute atomic E-state index is 0. The van der Waals surface area contributed by atoms with Gasteiger partial charge in [0, 0.05) is 18.5 Å². The number of carbonyl (C=O) groups excluding carboxylic acids is 1. The maximum absolute atomic E-state index is 13.6. The van der Waals surface area contributed by atoms with Crippen molar-refractivity contribution in [1.29, 1.82) is 0 Å². The first-order valence-corrected chi connectivity index (χ1v) is 11.4. The SMILES string of the molecule is CCOc1cccc2cc(C(=O)N(CCN(C)C)c3nc4c(OC)ccc(Cl)c4s3)oc12.Cl. The molecule has 0 saturated heterocycles. The molecule has 0 spiro atoms. The predicted octanol–water partition coefficient (Wildman–Crippen LogP) is 5.73. The van der Waals surface area contributed by atoms with Crippen molar-refractivity contribution in [2.24, 2.45) is 0 Å². The van der Waals surface area contributed by atoms with Crippen LogP contribution in [0.5, 0.6) is 11.5 Å². The number of hydrogen-bond donors (Lipinski definition) is 0. The highest BCUT2D eigenvalue weighted by molar-refractivity contribution is 7.23. The van der Waals surface area contributed by atoms with E-state index in [2.05, 4.69) is 0 Å². The van der Waals surface area contributed by atoms with Crippen molar-refractivity contribution in [1.82, 2.24) is 9.88 Å². The maximum atomic E-state index is 13.6. The molecule has 4 aromatic rings. The van der Waals surface area contributed by atoms with E-state index in [1.54, 1.807) is 30.2 Å². The van der Waals surface area contributed by atoms with E-state index in [0.29, 0.717) is 52.4 Å². The zero-order valence-electron chi connectivity index (χ0n) is 18.8. The molecule has 7 nitrogen and oxygen atoms in total. The minimum atomic E-state index is -0.278. The Hall–Kier alpha value is -2.52. The first-order valence-electron chi connectivity index (χ1n) is 10.2. The monoisotopic (exact) mass is 509 g/mol. The highest BCUT2D eigenvalue weighted by Crippen LogP contribution is 2.39. The quantitative estimate of drug-likeness (QED) is 0.302. The fourth-order valence-electron chi connectivity index (χ4n) is 3.35. The van der Waals surface area contributed by atoms with Gasteiger partial charge in [-0.05, 0) is 45.3 Å². The number of amides is 1. The Morgan fingerprint density at radius 2 is 1.97 bits per heavy atom. The summed E-state index contributed by atoms with van der Waals surface area (Å²) in [5.74, 6) is 1.17. The average Bonchev–Trinajstić information content (AvgIpc) is 3.40. The lowest BCUT2D eigenvalue weighted by molar-refractivity contribution is 0.0960. The highest BCUT2D eigenvalue weighted by Gasteiger charge is 2.26. The van der Waals surface area contributed by atoms with Gasteiger partial charge < -0.3 is 18.8 Å². The van der Waals surface area contributed by atoms with Crippen LogP contribution in [0.15, 0.2) is 40.8 Å². The second kappa shape index (κ2) is 10.6. The molecule has 4 rings (SSSR count). The topological polar surface area (TPSA) is 68.0 Å². The van der Waals surface area contributed by atoms with Gasteiger partial charge in [-0.2, -0.15) is 0 Å². The number of benzene rings is 2. The van der Waals surface area contributed by atoms with E-state index in [0.717, 1.165) is 10.1 Å². The van der Waals surface area contributed by atoms with Gasteiger partial charge in [0.05, 0.1) is 23.4 Å². The van der Waals surface area contributed by atoms with Gasteiger partial charge in [0.25, 0.3) is 5.91 Å². The summed E-state index contributed by atoms with van der Waals surface area (Å²) < 4.78 is 17.8. The Bertz CT molecular complexity index is 1270. The lowest BCUT2D eigenvalue weighted by atomic mass is 10.2. The van der Waals surface area contributed by atoms with Gasteiger partial charge in [-0.3, -0.25) is 9.69 Å². The molecular formula is C23H25Cl2N3O4S. The number of thiazole rings is 1. The number of para-hydroxylation sites is 1. The fourth-order valence-corrected chi connectivity index (χ4v) is 4.63. The van der Waals surface area contributed by atoms with Gasteiger partial charge in [0.1, 0.15) is 11.3 Å². The van der Waals surface area contributed by atoms with Crippen molar-refractivity contribution in [2.75, 3.05) is 45.8 Å². The molecule has 0 bridgehead atoms. The second-order valence-electron chi connectivity index (χ2n) is 7.40. The Morgan fingerprint density at radius 3 is 2.67 bits per heavy atom. The number of hydrogen-bond acceptors (Lipinski definition) is 7. The van der Waals surface area contributed by atoms with Gasteiger partial charge in [-0.15, -0.1) is 12.4 Å². The number of methoxy groups -OCH3 is 1. The molecule has 33 heavy (non-hydrogen) atoms. The first kappa shape index (κ1) is 25.1. The third kappa shape index (κ3) is 5.04. The number of nitrogens with zero attached hydrogens (tertiary/aromatic N) is 3. The third-order valence-electron chi connectivity index (χ3n) is 4.93. The molecule has 0 unspecified atom stereocenters. The van der Waals surface area contributed by atoms with Crippen LogP contribution in [-0.2, 0) is 0 Å². The Balaban J connectivity index is 0.00000306. The molecule has 0 fully saturated rings. The highest BCUT2D eigenvalue weighted by atomic mass is 35.5. The van der Waals surface area contributed by atoms with Crippen LogP contribution in [0.1, 0.15) is 17.5 Å². The number of likely N-dealkylation sites (N-methyl/N-ethyl adjacent to an activating group) is 1. The van der Waals surface area contributed by atoms with Crippen LogP contribution in [0.4, 0.5) is 5.13 Å². The van der Waals surface area contributed by atoms with E-state index >= 15 is 0 Å². The van der Waals surface area contributed by atoms with E-state index < -0.39 is 0 Å². The van der Waals surface area contributed by atoms with E-state index in [-0.39, 0.29) is 24.1 Å². The number of carbonyl (C=O) groups is 1. The molecule has 2 aromatic carbocycles. The largest absolute Gasteiger partial charge is 0.494 e. The summed E-state index contributed by atoms with van der Waals surface area (Å²) in [6.07, 6.45) is 0. The van der Waals surface area contributed by atoms with Crippen molar-refractivity contribution in [2.45, 2.75) is 6.92 Å². The molecule has 0 N–H and O–H groups in total. The van der Waals surface area contributed by atoms with Crippen molar-refractivity contribution < 1.29 is 18.7 Å². The second-order valence-corrected chi connectivity index (χ2v) is 8.79. The predicted molar refractivity (Wildman–Crippen MR) is 136 cm³/mol. The van der Waals surface area contributed by atoms with Crippen molar-refractivity contribution in [3.63, 3.8) is 0 Å². The van der Waals surface area contributed by atoms with Gasteiger partial charge in [-0.25, -0.2) is 4.98 Å². The van der Waals surface area contributed by atoms with Gasteiger partial charge in [0.15, 0.2) is 22.2 Å². The van der Waals surface area contributed by atoms with Crippen LogP contribution in [0.25, 0.3) is 21.2 Å². The number of halogens is 2. The fraction of sp³-hybridized carbons (Fsp3) is 0.304. The molecule has 0 aliphatic heterocycles. The lowest BCUT2D eigenvalue weighted by Gasteiger charge is -2.20. The number of fused-ring (bicyclic) bond motifs is 2. The smallest absolute Gasteiger partial charge is 0.295 e. The molecule has 0 aliphatic rings. The Morgan fingerprint density at radius 1 is 1.18 bits per heavy atom. The summed E-state index contributed by atoms with van der Waals surface area (Å²) in [5.41, 5.74) is 1.19. The van der Waals surface area contributed by atoms with Gasteiger partial charge >= 0.3 is 0 Å². The first-order chi connectivity index (χ1) is 15.4. The molecule has 0 aliphatic carbocycles. The summed E-state index contributed by atoms with van der Waals surface area (Å²) in [7, 11) is 5.49. The summed E-state index contributed by atoms with van der Waals surface area (Å²) in [5, 5.41) is 1.90. The Kier molecular flexibility index (Phi) is 8.07. The van der Waals surface area contributed by atoms with Crippen molar-refractivity contribution in [3.05, 3.63) is 47.2 Å². The number of furan rings is 1. The molecule has 0 atom stereocenters. The van der Waals surface area contributed by atoms with E-state index in [1.807, 2.05) is 44.1 Å². The van der Waals surface area contributed by atoms with Crippen LogP contribution in [0.2, 0.25) is 5.02 Å². The van der Waals surface area contributed by atoms with Crippen LogP contribution in [0.3, 0.4) is 0 Å². The van der Waals surface area contributed by atoms with Crippen LogP contribution in [0, 0.1) is 0 Å². The molecule has 0 saturated carbocycles. The molecule has 2 aromatic heterocycles. The maximum Gasteiger partial charge on any atom is 0.295 e. The summed E-state index contributed by atoms with van der Waals surface area (Å²) in [6, 6.07) is 10.9. The number of anilines is 1. The summed E-state index contributed by atoms with van der Waals surface area (Å²) in [6.45, 7) is 3.49. The molecule has 0 radical (unpaired) electrons. The summed E-state index contributed by atoms with van der Waals surface area (Å²) >= 11 is 7.75. The van der Waals surface area contributed by atoms with Gasteiger partial charge in [0.2, 0.25) is 0 Å². The van der Waals surface area contributed by atoms with Gasteiger partial charge in [-0.1, -0.05) is 35.1 Å². The number of rotatable bonds is 8. The lowest BCUT2D eigenvalue weighted by Crippen LogP contribution is -2.36. The summed E-state index contributed by atoms with van der Waals surface area (Å²) in [4.78, 5) is 21.9. The van der Waals surface area contributed by atoms with Crippen molar-refractivity contribution in [3.8, 4) is 11.5 Å². The number of ether oxygens (including phenoxy) is 2. The standard InChI is InChI=1S/C23H24ClN3O4S.ClH/c1-5-30-17-8-6-7-14-13-18(31-20(14)17)22(28)27(12-11-26(2)3)23-25-19-16(29-4)10-9-15(24)21(19)32-23;/h6-10,13H,5,11-12H2,1-4H3;1H. The molecule has 176 valence electrons. The Labute approximate surface area is 207 Å². The minimum Gasteiger partial charge on any atom is -0.494 e.